The molecule has 0 aliphatic carbocycles. The zero-order valence-corrected chi connectivity index (χ0v) is 15.0. The molecule has 0 bridgehead atoms. The van der Waals surface area contributed by atoms with Crippen molar-refractivity contribution in [1.82, 2.24) is 4.90 Å². The van der Waals surface area contributed by atoms with Gasteiger partial charge in [-0.15, -0.1) is 0 Å². The molecule has 2 amide bonds. The van der Waals surface area contributed by atoms with E-state index in [1.165, 1.54) is 18.2 Å². The maximum Gasteiger partial charge on any atom is 0.409 e. The first-order valence-electron chi connectivity index (χ1n) is 8.94. The van der Waals surface area contributed by atoms with Crippen LogP contribution in [0.4, 0.5) is 10.5 Å². The predicted molar refractivity (Wildman–Crippen MR) is 101 cm³/mol. The molecule has 26 heavy (non-hydrogen) atoms. The van der Waals surface area contributed by atoms with Crippen molar-refractivity contribution in [2.24, 2.45) is 0 Å². The lowest BCUT2D eigenvalue weighted by atomic mass is 9.99. The lowest BCUT2D eigenvalue weighted by Crippen LogP contribution is -2.35. The Balaban J connectivity index is 1.53. The zero-order chi connectivity index (χ0) is 18.4. The van der Waals surface area contributed by atoms with Gasteiger partial charge in [0, 0.05) is 25.2 Å². The number of fused-ring (bicyclic) bond motifs is 1. The van der Waals surface area contributed by atoms with Gasteiger partial charge in [0.05, 0.1) is 7.11 Å². The summed E-state index contributed by atoms with van der Waals surface area (Å²) in [5.41, 5.74) is 4.30. The van der Waals surface area contributed by atoms with Crippen molar-refractivity contribution in [2.45, 2.75) is 32.2 Å². The van der Waals surface area contributed by atoms with Gasteiger partial charge in [0.25, 0.3) is 0 Å². The third-order valence-electron chi connectivity index (χ3n) is 4.65. The normalized spacial score (nSPS) is 13.0. The van der Waals surface area contributed by atoms with E-state index in [0.717, 1.165) is 30.5 Å². The number of carbonyl (C=O) groups is 2. The Morgan fingerprint density at radius 3 is 2.69 bits per heavy atom. The van der Waals surface area contributed by atoms with Gasteiger partial charge in [0.2, 0.25) is 5.91 Å². The molecule has 0 radical (unpaired) electrons. The lowest BCUT2D eigenvalue weighted by Gasteiger charge is -2.28. The molecule has 0 fully saturated rings. The van der Waals surface area contributed by atoms with E-state index in [4.69, 9.17) is 4.74 Å². The molecule has 0 unspecified atom stereocenters. The minimum Gasteiger partial charge on any atom is -0.453 e. The first kappa shape index (κ1) is 18.0. The maximum atomic E-state index is 12.2. The molecule has 1 heterocycles. The number of benzene rings is 2. The molecule has 0 atom stereocenters. The van der Waals surface area contributed by atoms with Gasteiger partial charge in [0.15, 0.2) is 0 Å². The highest BCUT2D eigenvalue weighted by molar-refractivity contribution is 5.90. The number of methoxy groups -OCH3 is 1. The molecule has 0 saturated carbocycles. The van der Waals surface area contributed by atoms with E-state index < -0.39 is 0 Å². The first-order chi connectivity index (χ1) is 12.7. The number of carbonyl (C=O) groups excluding carboxylic acids is 2. The number of nitrogens with one attached hydrogen (secondary N) is 1. The molecule has 3 rings (SSSR count). The van der Waals surface area contributed by atoms with Crippen molar-refractivity contribution in [3.05, 3.63) is 65.2 Å². The van der Waals surface area contributed by atoms with Crippen LogP contribution in [-0.4, -0.2) is 30.6 Å². The lowest BCUT2D eigenvalue weighted by molar-refractivity contribution is -0.116. The number of ether oxygens (including phenoxy) is 1. The molecular formula is C21H24N2O3. The summed E-state index contributed by atoms with van der Waals surface area (Å²) in [5, 5.41) is 2.96. The van der Waals surface area contributed by atoms with Crippen LogP contribution in [0.25, 0.3) is 0 Å². The van der Waals surface area contributed by atoms with Gasteiger partial charge in [-0.2, -0.15) is 0 Å². The summed E-state index contributed by atoms with van der Waals surface area (Å²) in [6.07, 6.45) is 2.69. The summed E-state index contributed by atoms with van der Waals surface area (Å²) in [6, 6.07) is 16.1. The van der Waals surface area contributed by atoms with Gasteiger partial charge in [-0.05, 0) is 48.1 Å². The average Bonchev–Trinajstić information content (AvgIpc) is 2.67. The van der Waals surface area contributed by atoms with Crippen LogP contribution in [0.2, 0.25) is 0 Å². The van der Waals surface area contributed by atoms with Gasteiger partial charge < -0.3 is 15.0 Å². The summed E-state index contributed by atoms with van der Waals surface area (Å²) in [6.45, 7) is 1.17. The second-order valence-corrected chi connectivity index (χ2v) is 6.51. The summed E-state index contributed by atoms with van der Waals surface area (Å²) < 4.78 is 4.80. The van der Waals surface area contributed by atoms with E-state index in [9.17, 15) is 9.59 Å². The topological polar surface area (TPSA) is 58.6 Å². The predicted octanol–water partition coefficient (Wildman–Crippen LogP) is 3.77. The minimum absolute atomic E-state index is 0.0153. The number of hydrogen-bond donors (Lipinski definition) is 1. The van der Waals surface area contributed by atoms with Crippen molar-refractivity contribution < 1.29 is 14.3 Å². The van der Waals surface area contributed by atoms with Crippen LogP contribution in [-0.2, 0) is 28.9 Å². The Hall–Kier alpha value is -2.82. The fourth-order valence-electron chi connectivity index (χ4n) is 3.24. The summed E-state index contributed by atoms with van der Waals surface area (Å²) in [4.78, 5) is 25.6. The standard InChI is InChI=1S/C21H24N2O3/c1-26-21(25)23-13-12-17-10-11-19(14-18(17)15-23)22-20(24)9-5-8-16-6-3-2-4-7-16/h2-4,6-7,10-11,14H,5,8-9,12-13,15H2,1H3,(H,22,24). The molecule has 0 saturated heterocycles. The fourth-order valence-corrected chi connectivity index (χ4v) is 3.24. The molecule has 0 aromatic heterocycles. The van der Waals surface area contributed by atoms with Gasteiger partial charge in [-0.25, -0.2) is 4.79 Å². The molecule has 136 valence electrons. The second kappa shape index (κ2) is 8.52. The van der Waals surface area contributed by atoms with E-state index in [-0.39, 0.29) is 12.0 Å². The number of aryl methyl sites for hydroxylation is 1. The molecule has 1 aliphatic rings. The molecule has 2 aromatic rings. The highest BCUT2D eigenvalue weighted by Crippen LogP contribution is 2.23. The van der Waals surface area contributed by atoms with Crippen molar-refractivity contribution in [3.63, 3.8) is 0 Å². The molecule has 5 nitrogen and oxygen atoms in total. The van der Waals surface area contributed by atoms with E-state index in [1.807, 2.05) is 36.4 Å². The Labute approximate surface area is 154 Å². The van der Waals surface area contributed by atoms with Crippen LogP contribution >= 0.6 is 0 Å². The number of hydrogen-bond acceptors (Lipinski definition) is 3. The van der Waals surface area contributed by atoms with Gasteiger partial charge in [-0.1, -0.05) is 36.4 Å². The van der Waals surface area contributed by atoms with Crippen molar-refractivity contribution in [3.8, 4) is 0 Å². The average molecular weight is 352 g/mol. The van der Waals surface area contributed by atoms with Gasteiger partial charge in [-0.3, -0.25) is 4.79 Å². The third-order valence-corrected chi connectivity index (χ3v) is 4.65. The van der Waals surface area contributed by atoms with Gasteiger partial charge in [0.1, 0.15) is 0 Å². The molecule has 2 aromatic carbocycles. The maximum absolute atomic E-state index is 12.2. The molecule has 1 N–H and O–H groups in total. The summed E-state index contributed by atoms with van der Waals surface area (Å²) >= 11 is 0. The molecule has 5 heteroatoms. The largest absolute Gasteiger partial charge is 0.453 e. The first-order valence-corrected chi connectivity index (χ1v) is 8.94. The molecule has 1 aliphatic heterocycles. The number of anilines is 1. The highest BCUT2D eigenvalue weighted by atomic mass is 16.5. The Bertz CT molecular complexity index is 774. The van der Waals surface area contributed by atoms with E-state index in [0.29, 0.717) is 19.5 Å². The number of amides is 2. The van der Waals surface area contributed by atoms with Crippen molar-refractivity contribution in [1.29, 1.82) is 0 Å². The van der Waals surface area contributed by atoms with Crippen molar-refractivity contribution in [2.75, 3.05) is 19.0 Å². The Morgan fingerprint density at radius 1 is 1.12 bits per heavy atom. The Morgan fingerprint density at radius 2 is 1.92 bits per heavy atom. The van der Waals surface area contributed by atoms with Crippen LogP contribution in [0.1, 0.15) is 29.5 Å². The quantitative estimate of drug-likeness (QED) is 0.891. The summed E-state index contributed by atoms with van der Waals surface area (Å²) in [5.74, 6) is 0.0153. The fraction of sp³-hybridized carbons (Fsp3) is 0.333. The Kier molecular flexibility index (Phi) is 5.89. The second-order valence-electron chi connectivity index (χ2n) is 6.51. The smallest absolute Gasteiger partial charge is 0.409 e. The van der Waals surface area contributed by atoms with E-state index in [1.54, 1.807) is 4.90 Å². The van der Waals surface area contributed by atoms with Crippen LogP contribution < -0.4 is 5.32 Å². The summed E-state index contributed by atoms with van der Waals surface area (Å²) in [7, 11) is 1.39. The van der Waals surface area contributed by atoms with E-state index in [2.05, 4.69) is 17.4 Å². The SMILES string of the molecule is COC(=O)N1CCc2ccc(NC(=O)CCCc3ccccc3)cc2C1. The van der Waals surface area contributed by atoms with Crippen LogP contribution in [0.5, 0.6) is 0 Å². The van der Waals surface area contributed by atoms with Crippen LogP contribution in [0.3, 0.4) is 0 Å². The number of rotatable bonds is 5. The monoisotopic (exact) mass is 352 g/mol. The van der Waals surface area contributed by atoms with Crippen LogP contribution in [0, 0.1) is 0 Å². The zero-order valence-electron chi connectivity index (χ0n) is 15.0. The highest BCUT2D eigenvalue weighted by Gasteiger charge is 2.21. The molecular weight excluding hydrogens is 328 g/mol. The van der Waals surface area contributed by atoms with Crippen LogP contribution in [0.15, 0.2) is 48.5 Å². The van der Waals surface area contributed by atoms with Crippen molar-refractivity contribution >= 4 is 17.7 Å². The third kappa shape index (κ3) is 4.63. The number of nitrogens with zero attached hydrogens (tertiary/aromatic N) is 1. The molecule has 0 spiro atoms. The van der Waals surface area contributed by atoms with Gasteiger partial charge >= 0.3 is 6.09 Å². The minimum atomic E-state index is -0.314. The van der Waals surface area contributed by atoms with E-state index >= 15 is 0 Å².